The zero-order chi connectivity index (χ0) is 54.8. The molecule has 3 heterocycles. The van der Waals surface area contributed by atoms with E-state index in [1.807, 2.05) is 83.6 Å². The first-order chi connectivity index (χ1) is 36.8. The van der Waals surface area contributed by atoms with Crippen LogP contribution < -0.4 is 14.9 Å². The van der Waals surface area contributed by atoms with E-state index in [2.05, 4.69) is 20.0 Å². The zero-order valence-corrected chi connectivity index (χ0v) is 46.0. The predicted octanol–water partition coefficient (Wildman–Crippen LogP) is 11.2. The van der Waals surface area contributed by atoms with Gasteiger partial charge in [0.2, 0.25) is 0 Å². The average molecular weight is 1140 g/mol. The van der Waals surface area contributed by atoms with Gasteiger partial charge in [-0.25, -0.2) is 21.6 Å². The summed E-state index contributed by atoms with van der Waals surface area (Å²) in [4.78, 5) is 30.0. The summed E-state index contributed by atoms with van der Waals surface area (Å²) in [5, 5.41) is 24.2. The second-order valence-electron chi connectivity index (χ2n) is 20.6. The average Bonchev–Trinajstić information content (AvgIpc) is 3.43. The summed E-state index contributed by atoms with van der Waals surface area (Å²) in [5.41, 5.74) is -2.52. The lowest BCUT2D eigenvalue weighted by Crippen LogP contribution is -2.47. The molecule has 3 aliphatic rings. The second kappa shape index (κ2) is 25.8. The number of carbonyl (C=O) groups is 2. The van der Waals surface area contributed by atoms with Crippen LogP contribution in [0.2, 0.25) is 5.02 Å². The fourth-order valence-electron chi connectivity index (χ4n) is 10.8. The number of amides is 1. The number of benzene rings is 5. The van der Waals surface area contributed by atoms with Crippen molar-refractivity contribution in [3.63, 3.8) is 0 Å². The molecule has 2 atom stereocenters. The Morgan fingerprint density at radius 2 is 1.38 bits per heavy atom. The van der Waals surface area contributed by atoms with Gasteiger partial charge in [0.25, 0.3) is 25.8 Å². The van der Waals surface area contributed by atoms with Crippen molar-refractivity contribution in [1.29, 1.82) is 0 Å². The highest BCUT2D eigenvalue weighted by molar-refractivity contribution is 7.99. The zero-order valence-electron chi connectivity index (χ0n) is 42.8. The Hall–Kier alpha value is -5.15. The van der Waals surface area contributed by atoms with Gasteiger partial charge in [-0.2, -0.15) is 13.2 Å². The quantitative estimate of drug-likeness (QED) is 0.0381. The van der Waals surface area contributed by atoms with E-state index in [9.17, 15) is 44.7 Å². The number of aliphatic hydroxyl groups is 1. The number of sulfone groups is 1. The van der Waals surface area contributed by atoms with Crippen molar-refractivity contribution < 1.29 is 49.8 Å². The number of sulfonamides is 1. The standard InChI is InChI=1S/C57H67ClF3N5O8S3/c58-44-18-14-41(15-19-44)49-11-6-7-12-50(49)54(69)42-24-33-66(34-25-42)46-20-16-43(17-21-46)55(70)63-77(73,74)48-22-23-51(52(39-48)76(71,72)57(59,60)61)62-45(40-75-47-9-3-1-4-10-47)26-32-65-37-29-56(30-38-65)27-35-64(36-28-56)31-8-2-5-13-53(67)68/h1,3-4,6-7,9-12,14-23,39,42,45,54,62,69H,2,5,8,13,24-38,40H2,(H,63,70)(H,67,68)/t45?,54-/m1/s1. The number of nitrogens with one attached hydrogen (secondary N) is 2. The normalized spacial score (nSPS) is 17.7. The largest absolute Gasteiger partial charge is 0.501 e. The lowest BCUT2D eigenvalue weighted by Gasteiger charge is -2.47. The van der Waals surface area contributed by atoms with Gasteiger partial charge in [0.15, 0.2) is 0 Å². The number of nitrogens with zero attached hydrogens (tertiary/aromatic N) is 3. The van der Waals surface area contributed by atoms with Crippen LogP contribution in [-0.4, -0.2) is 118 Å². The Bertz CT molecular complexity index is 3000. The molecule has 0 bridgehead atoms. The van der Waals surface area contributed by atoms with Crippen LogP contribution in [0.5, 0.6) is 0 Å². The summed E-state index contributed by atoms with van der Waals surface area (Å²) in [6.45, 7) is 6.47. The third kappa shape index (κ3) is 15.2. The molecule has 20 heteroatoms. The van der Waals surface area contributed by atoms with Crippen LogP contribution in [0.4, 0.5) is 24.5 Å². The number of aliphatic hydroxyl groups excluding tert-OH is 1. The number of carbonyl (C=O) groups excluding carboxylic acids is 1. The number of alkyl halides is 3. The van der Waals surface area contributed by atoms with Crippen molar-refractivity contribution >= 4 is 66.5 Å². The van der Waals surface area contributed by atoms with Crippen LogP contribution >= 0.6 is 23.4 Å². The smallest absolute Gasteiger partial charge is 0.481 e. The monoisotopic (exact) mass is 1140 g/mol. The molecule has 1 spiro atoms. The van der Waals surface area contributed by atoms with Crippen molar-refractivity contribution in [2.75, 3.05) is 68.3 Å². The van der Waals surface area contributed by atoms with Gasteiger partial charge in [0.1, 0.15) is 4.90 Å². The summed E-state index contributed by atoms with van der Waals surface area (Å²) in [6, 6.07) is 32.7. The highest BCUT2D eigenvalue weighted by Gasteiger charge is 2.49. The predicted molar refractivity (Wildman–Crippen MR) is 297 cm³/mol. The van der Waals surface area contributed by atoms with Gasteiger partial charge < -0.3 is 30.2 Å². The van der Waals surface area contributed by atoms with Crippen molar-refractivity contribution in [1.82, 2.24) is 14.5 Å². The Balaban J connectivity index is 0.894. The first kappa shape index (κ1) is 58.0. The molecule has 5 aromatic carbocycles. The molecular weight excluding hydrogens is 1070 g/mol. The number of thioether (sulfide) groups is 1. The van der Waals surface area contributed by atoms with Crippen LogP contribution in [-0.2, 0) is 24.7 Å². The van der Waals surface area contributed by atoms with Gasteiger partial charge >= 0.3 is 11.5 Å². The molecule has 5 aromatic rings. The topological polar surface area (TPSA) is 177 Å². The van der Waals surface area contributed by atoms with E-state index in [0.717, 1.165) is 111 Å². The fourth-order valence-corrected chi connectivity index (χ4v) is 14.0. The number of hydrogen-bond acceptors (Lipinski definition) is 12. The fraction of sp³-hybridized carbons (Fsp3) is 0.439. The minimum absolute atomic E-state index is 0.0254. The van der Waals surface area contributed by atoms with Crippen LogP contribution in [0.15, 0.2) is 136 Å². The number of aliphatic carboxylic acids is 1. The van der Waals surface area contributed by atoms with Crippen molar-refractivity contribution in [3.05, 3.63) is 137 Å². The molecule has 0 radical (unpaired) electrons. The molecule has 0 aromatic heterocycles. The maximum atomic E-state index is 14.4. The van der Waals surface area contributed by atoms with Crippen LogP contribution in [0.3, 0.4) is 0 Å². The molecule has 414 valence electrons. The third-order valence-corrected chi connectivity index (χ3v) is 19.8. The molecule has 1 amide bonds. The number of carboxylic acid groups (broad SMARTS) is 1. The molecule has 1 unspecified atom stereocenters. The molecule has 0 saturated carbocycles. The summed E-state index contributed by atoms with van der Waals surface area (Å²) in [6.07, 6.45) is 8.05. The van der Waals surface area contributed by atoms with Crippen LogP contribution in [0.25, 0.3) is 11.1 Å². The highest BCUT2D eigenvalue weighted by atomic mass is 35.5. The Morgan fingerprint density at radius 3 is 2.01 bits per heavy atom. The lowest BCUT2D eigenvalue weighted by molar-refractivity contribution is -0.137. The molecule has 4 N–H and O–H groups in total. The SMILES string of the molecule is O=C(O)CCCCCN1CCC2(CC1)CCN(CCC(CSc1ccccc1)Nc1ccc(S(=O)(=O)NC(=O)c3ccc(N4CCC([C@@H](O)c5ccccc5-c5ccc(Cl)cc5)CC4)cc3)cc1S(=O)(=O)C(F)(F)F)CC2. The summed E-state index contributed by atoms with van der Waals surface area (Å²) >= 11 is 7.58. The summed E-state index contributed by atoms with van der Waals surface area (Å²) < 4.78 is 99.3. The molecule has 8 rings (SSSR count). The maximum absolute atomic E-state index is 14.4. The summed E-state index contributed by atoms with van der Waals surface area (Å²) in [5.74, 6) is -1.49. The Kier molecular flexibility index (Phi) is 19.4. The number of hydrogen-bond donors (Lipinski definition) is 4. The minimum Gasteiger partial charge on any atom is -0.481 e. The Morgan fingerprint density at radius 1 is 0.753 bits per heavy atom. The Labute approximate surface area is 459 Å². The van der Waals surface area contributed by atoms with Crippen LogP contribution in [0.1, 0.15) is 92.7 Å². The summed E-state index contributed by atoms with van der Waals surface area (Å²) in [7, 11) is -11.0. The third-order valence-electron chi connectivity index (χ3n) is 15.5. The van der Waals surface area contributed by atoms with E-state index < -0.39 is 64.9 Å². The van der Waals surface area contributed by atoms with Crippen molar-refractivity contribution in [3.8, 4) is 11.1 Å². The van der Waals surface area contributed by atoms with E-state index in [1.54, 1.807) is 12.1 Å². The van der Waals surface area contributed by atoms with Gasteiger partial charge in [-0.15, -0.1) is 11.8 Å². The lowest BCUT2D eigenvalue weighted by atomic mass is 9.71. The molecule has 0 aliphatic carbocycles. The van der Waals surface area contributed by atoms with E-state index in [0.29, 0.717) is 62.2 Å². The number of piperidine rings is 3. The molecule has 3 saturated heterocycles. The number of anilines is 2. The van der Waals surface area contributed by atoms with Crippen LogP contribution in [0, 0.1) is 11.3 Å². The minimum atomic E-state index is -6.11. The molecular formula is C57H67ClF3N5O8S3. The van der Waals surface area contributed by atoms with E-state index >= 15 is 0 Å². The van der Waals surface area contributed by atoms with E-state index in [4.69, 9.17) is 16.7 Å². The van der Waals surface area contributed by atoms with Crippen molar-refractivity contribution in [2.45, 2.75) is 103 Å². The molecule has 3 aliphatic heterocycles. The van der Waals surface area contributed by atoms with E-state index in [1.165, 1.54) is 23.9 Å². The van der Waals surface area contributed by atoms with Gasteiger partial charge in [-0.05, 0) is 185 Å². The highest BCUT2D eigenvalue weighted by Crippen LogP contribution is 2.42. The number of likely N-dealkylation sites (tertiary alicyclic amines) is 2. The van der Waals surface area contributed by atoms with E-state index in [-0.39, 0.29) is 23.3 Å². The number of rotatable bonds is 22. The number of carboxylic acids is 1. The van der Waals surface area contributed by atoms with Gasteiger partial charge in [-0.1, -0.05) is 72.6 Å². The van der Waals surface area contributed by atoms with Gasteiger partial charge in [0.05, 0.1) is 16.7 Å². The van der Waals surface area contributed by atoms with Gasteiger partial charge in [-0.3, -0.25) is 9.59 Å². The van der Waals surface area contributed by atoms with Gasteiger partial charge in [0, 0.05) is 59.0 Å². The first-order valence-corrected chi connectivity index (χ1v) is 30.6. The molecule has 13 nitrogen and oxygen atoms in total. The molecule has 77 heavy (non-hydrogen) atoms. The number of unbranched alkanes of at least 4 members (excludes halogenated alkanes) is 2. The molecule has 3 fully saturated rings. The first-order valence-electron chi connectivity index (χ1n) is 26.3. The maximum Gasteiger partial charge on any atom is 0.501 e. The van der Waals surface area contributed by atoms with Crippen molar-refractivity contribution in [2.24, 2.45) is 11.3 Å². The second-order valence-corrected chi connectivity index (χ2v) is 25.7. The number of halogens is 4.